The molecule has 3 rings (SSSR count). The normalized spacial score (nSPS) is 10.0. The number of carbonyl (C=O) groups is 2. The lowest BCUT2D eigenvalue weighted by Crippen LogP contribution is -2.10. The number of carbonyl (C=O) groups excluding carboxylic acids is 1. The van der Waals surface area contributed by atoms with Crippen LogP contribution in [0, 0.1) is 5.41 Å². The minimum Gasteiger partial charge on any atom is -0.506 e. The Hall–Kier alpha value is -2.87. The summed E-state index contributed by atoms with van der Waals surface area (Å²) in [5.74, 6) is -1.46. The molecule has 0 radical (unpaired) electrons. The van der Waals surface area contributed by atoms with E-state index in [1.807, 2.05) is 0 Å². The maximum atomic E-state index is 10.6. The summed E-state index contributed by atoms with van der Waals surface area (Å²) in [6, 6.07) is 10.6. The Morgan fingerprint density at radius 2 is 1.62 bits per heavy atom. The number of hydrogen-bond acceptors (Lipinski definition) is 5. The van der Waals surface area contributed by atoms with Crippen LogP contribution >= 0.6 is 34.5 Å². The molecule has 1 heterocycles. The number of halogens is 2. The van der Waals surface area contributed by atoms with E-state index in [4.69, 9.17) is 39.5 Å². The zero-order valence-corrected chi connectivity index (χ0v) is 17.4. The Balaban J connectivity index is 0.000000221. The van der Waals surface area contributed by atoms with E-state index in [1.54, 1.807) is 30.5 Å². The lowest BCUT2D eigenvalue weighted by atomic mass is 10.1. The molecule has 29 heavy (non-hydrogen) atoms. The van der Waals surface area contributed by atoms with Crippen molar-refractivity contribution in [2.24, 2.45) is 5.73 Å². The molecule has 0 aliphatic heterocycles. The molecule has 6 nitrogen and oxygen atoms in total. The minimum atomic E-state index is -1.02. The first-order valence-corrected chi connectivity index (χ1v) is 9.70. The van der Waals surface area contributed by atoms with Crippen molar-refractivity contribution >= 4 is 52.1 Å². The van der Waals surface area contributed by atoms with Crippen LogP contribution in [0.25, 0.3) is 10.4 Å². The van der Waals surface area contributed by atoms with E-state index in [0.717, 1.165) is 5.56 Å². The molecule has 2 aromatic carbocycles. The van der Waals surface area contributed by atoms with Crippen LogP contribution in [0.5, 0.6) is 5.75 Å². The van der Waals surface area contributed by atoms with E-state index in [1.165, 1.54) is 35.6 Å². The molecule has 3 aromatic rings. The van der Waals surface area contributed by atoms with Gasteiger partial charge in [-0.25, -0.2) is 4.79 Å². The third kappa shape index (κ3) is 5.57. The van der Waals surface area contributed by atoms with Crippen molar-refractivity contribution in [2.75, 3.05) is 0 Å². The second-order valence-electron chi connectivity index (χ2n) is 5.83. The Morgan fingerprint density at radius 3 is 2.07 bits per heavy atom. The van der Waals surface area contributed by atoms with Gasteiger partial charge in [-0.3, -0.25) is 4.79 Å². The van der Waals surface area contributed by atoms with Gasteiger partial charge in [0.05, 0.1) is 20.5 Å². The molecule has 0 atom stereocenters. The number of amides is 1. The third-order valence-electron chi connectivity index (χ3n) is 3.77. The highest BCUT2D eigenvalue weighted by Gasteiger charge is 2.14. The predicted molar refractivity (Wildman–Crippen MR) is 116 cm³/mol. The van der Waals surface area contributed by atoms with E-state index < -0.39 is 11.9 Å². The molecule has 0 saturated heterocycles. The number of carboxylic acid groups (broad SMARTS) is 1. The Morgan fingerprint density at radius 1 is 1.03 bits per heavy atom. The van der Waals surface area contributed by atoms with Gasteiger partial charge >= 0.3 is 5.97 Å². The van der Waals surface area contributed by atoms with Crippen LogP contribution in [-0.4, -0.2) is 27.8 Å². The summed E-state index contributed by atoms with van der Waals surface area (Å²) in [6.45, 7) is 1.64. The Labute approximate surface area is 180 Å². The molecule has 0 saturated carbocycles. The monoisotopic (exact) mass is 450 g/mol. The average molecular weight is 451 g/mol. The second-order valence-corrected chi connectivity index (χ2v) is 7.52. The van der Waals surface area contributed by atoms with Gasteiger partial charge in [-0.1, -0.05) is 29.3 Å². The van der Waals surface area contributed by atoms with Crippen molar-refractivity contribution in [3.63, 3.8) is 0 Å². The van der Waals surface area contributed by atoms with E-state index >= 15 is 0 Å². The van der Waals surface area contributed by atoms with Gasteiger partial charge in [-0.15, -0.1) is 11.3 Å². The highest BCUT2D eigenvalue weighted by molar-refractivity contribution is 7.14. The van der Waals surface area contributed by atoms with Crippen LogP contribution in [0.4, 0.5) is 0 Å². The smallest absolute Gasteiger partial charge is 0.335 e. The molecule has 0 aliphatic carbocycles. The topological polar surface area (TPSA) is 124 Å². The maximum Gasteiger partial charge on any atom is 0.335 e. The summed E-state index contributed by atoms with van der Waals surface area (Å²) in [4.78, 5) is 21.6. The van der Waals surface area contributed by atoms with Crippen molar-refractivity contribution in [1.82, 2.24) is 0 Å². The summed E-state index contributed by atoms with van der Waals surface area (Å²) in [7, 11) is 0. The molecular formula is C20H16Cl2N2O4S. The summed E-state index contributed by atoms with van der Waals surface area (Å²) in [6.07, 6.45) is 0. The summed E-state index contributed by atoms with van der Waals surface area (Å²) >= 11 is 13.2. The van der Waals surface area contributed by atoms with Gasteiger partial charge in [-0.2, -0.15) is 0 Å². The number of rotatable bonds is 4. The Kier molecular flexibility index (Phi) is 7.39. The largest absolute Gasteiger partial charge is 0.506 e. The van der Waals surface area contributed by atoms with Gasteiger partial charge < -0.3 is 21.4 Å². The number of nitrogens with one attached hydrogen (secondary N) is 1. The molecule has 150 valence electrons. The van der Waals surface area contributed by atoms with E-state index in [-0.39, 0.29) is 11.3 Å². The number of thiophene rings is 1. The SMILES string of the molecule is CC(=N)c1csc(-c2ccc(Cl)c(Cl)c2)c1O.NC(=O)c1ccc(C(=O)O)cc1. The van der Waals surface area contributed by atoms with Crippen molar-refractivity contribution < 1.29 is 19.8 Å². The zero-order valence-electron chi connectivity index (χ0n) is 15.1. The Bertz CT molecular complexity index is 1050. The van der Waals surface area contributed by atoms with E-state index in [2.05, 4.69) is 0 Å². The predicted octanol–water partition coefficient (Wildman–Crippen LogP) is 5.30. The van der Waals surface area contributed by atoms with Crippen LogP contribution in [0.2, 0.25) is 10.0 Å². The van der Waals surface area contributed by atoms with Gasteiger partial charge in [0, 0.05) is 22.2 Å². The fraction of sp³-hybridized carbons (Fsp3) is 0.0500. The summed E-state index contributed by atoms with van der Waals surface area (Å²) in [5, 5.41) is 28.7. The third-order valence-corrected chi connectivity index (χ3v) is 5.52. The van der Waals surface area contributed by atoms with Crippen molar-refractivity contribution in [3.8, 4) is 16.2 Å². The van der Waals surface area contributed by atoms with Crippen LogP contribution in [0.1, 0.15) is 33.2 Å². The van der Waals surface area contributed by atoms with E-state index in [9.17, 15) is 14.7 Å². The molecule has 0 bridgehead atoms. The highest BCUT2D eigenvalue weighted by atomic mass is 35.5. The number of primary amides is 1. The van der Waals surface area contributed by atoms with Crippen LogP contribution < -0.4 is 5.73 Å². The fourth-order valence-electron chi connectivity index (χ4n) is 2.24. The fourth-order valence-corrected chi connectivity index (χ4v) is 3.54. The first-order valence-electron chi connectivity index (χ1n) is 8.06. The molecule has 0 fully saturated rings. The highest BCUT2D eigenvalue weighted by Crippen LogP contribution is 2.40. The first kappa shape index (κ1) is 22.4. The number of nitrogens with two attached hydrogens (primary N) is 1. The molecule has 1 amide bonds. The molecule has 0 unspecified atom stereocenters. The zero-order chi connectivity index (χ0) is 21.7. The van der Waals surface area contributed by atoms with Gasteiger partial charge in [-0.05, 0) is 48.9 Å². The number of aromatic hydroxyl groups is 1. The standard InChI is InChI=1S/C12H9Cl2NOS.C8H7NO3/c1-6(15)8-5-17-12(11(8)16)7-2-3-9(13)10(14)4-7;9-7(10)5-1-3-6(4-2-5)8(11)12/h2-5,15-16H,1H3;1-4H,(H2,9,10)(H,11,12). The van der Waals surface area contributed by atoms with Gasteiger partial charge in [0.2, 0.25) is 5.91 Å². The molecule has 0 spiro atoms. The number of aromatic carboxylic acids is 1. The maximum absolute atomic E-state index is 10.6. The van der Waals surface area contributed by atoms with Crippen molar-refractivity contribution in [3.05, 3.63) is 74.6 Å². The molecule has 9 heteroatoms. The van der Waals surface area contributed by atoms with Crippen LogP contribution in [0.15, 0.2) is 47.8 Å². The lowest BCUT2D eigenvalue weighted by Gasteiger charge is -2.02. The van der Waals surface area contributed by atoms with E-state index in [0.29, 0.717) is 31.8 Å². The number of carboxylic acids is 1. The van der Waals surface area contributed by atoms with Gasteiger partial charge in [0.1, 0.15) is 5.75 Å². The molecule has 5 N–H and O–H groups in total. The molecule has 0 aliphatic rings. The van der Waals surface area contributed by atoms with Crippen molar-refractivity contribution in [2.45, 2.75) is 6.92 Å². The summed E-state index contributed by atoms with van der Waals surface area (Å²) in [5.41, 5.74) is 7.09. The van der Waals surface area contributed by atoms with Gasteiger partial charge in [0.15, 0.2) is 0 Å². The van der Waals surface area contributed by atoms with Crippen LogP contribution in [-0.2, 0) is 0 Å². The summed E-state index contributed by atoms with van der Waals surface area (Å²) < 4.78 is 0. The van der Waals surface area contributed by atoms with Crippen molar-refractivity contribution in [1.29, 1.82) is 5.41 Å². The first-order chi connectivity index (χ1) is 13.6. The second kappa shape index (κ2) is 9.56. The minimum absolute atomic E-state index is 0.126. The lowest BCUT2D eigenvalue weighted by molar-refractivity contribution is 0.0696. The van der Waals surface area contributed by atoms with Gasteiger partial charge in [0.25, 0.3) is 0 Å². The molecular weight excluding hydrogens is 435 g/mol. The molecule has 1 aromatic heterocycles. The van der Waals surface area contributed by atoms with Crippen LogP contribution in [0.3, 0.4) is 0 Å². The average Bonchev–Trinajstić information content (AvgIpc) is 3.06. The number of benzene rings is 2. The quantitative estimate of drug-likeness (QED) is 0.402. The number of hydrogen-bond donors (Lipinski definition) is 4.